The first kappa shape index (κ1) is 16.1. The van der Waals surface area contributed by atoms with Crippen LogP contribution in [0.2, 0.25) is 0 Å². The van der Waals surface area contributed by atoms with Gasteiger partial charge in [0.05, 0.1) is 0 Å². The molecule has 1 N–H and O–H groups in total. The van der Waals surface area contributed by atoms with Crippen molar-refractivity contribution < 1.29 is 13.2 Å². The van der Waals surface area contributed by atoms with Gasteiger partial charge in [-0.3, -0.25) is 0 Å². The number of anilines is 1. The molecule has 0 amide bonds. The molecule has 0 spiro atoms. The summed E-state index contributed by atoms with van der Waals surface area (Å²) in [4.78, 5) is 7.32. The van der Waals surface area contributed by atoms with Gasteiger partial charge in [-0.1, -0.05) is 13.8 Å². The number of hydrogen-bond donors (Lipinski definition) is 1. The van der Waals surface area contributed by atoms with Gasteiger partial charge < -0.3 is 5.32 Å². The molecule has 0 aliphatic rings. The Morgan fingerprint density at radius 3 is 2.37 bits per heavy atom. The molecule has 108 valence electrons. The van der Waals surface area contributed by atoms with E-state index < -0.39 is 11.9 Å². The Morgan fingerprint density at radius 1 is 1.26 bits per heavy atom. The molecular formula is C12H18F3N3S. The number of rotatable bonds is 6. The van der Waals surface area contributed by atoms with Crippen LogP contribution in [0.4, 0.5) is 19.1 Å². The van der Waals surface area contributed by atoms with Crippen molar-refractivity contribution in [3.8, 4) is 0 Å². The van der Waals surface area contributed by atoms with Crippen LogP contribution in [0, 0.1) is 0 Å². The molecule has 0 saturated carbocycles. The number of hydrogen-bond acceptors (Lipinski definition) is 4. The number of thioether (sulfide) groups is 1. The van der Waals surface area contributed by atoms with Gasteiger partial charge in [0, 0.05) is 17.5 Å². The van der Waals surface area contributed by atoms with Gasteiger partial charge in [-0.2, -0.15) is 24.9 Å². The number of alkyl halides is 3. The summed E-state index contributed by atoms with van der Waals surface area (Å²) in [5.74, 6) is 0.0233. The Kier molecular flexibility index (Phi) is 5.46. The molecule has 0 bridgehead atoms. The zero-order valence-corrected chi connectivity index (χ0v) is 12.0. The number of nitrogens with one attached hydrogen (secondary N) is 1. The monoisotopic (exact) mass is 293 g/mol. The van der Waals surface area contributed by atoms with Crippen LogP contribution in [-0.2, 0) is 6.18 Å². The third-order valence-electron chi connectivity index (χ3n) is 3.24. The maximum absolute atomic E-state index is 12.5. The zero-order valence-electron chi connectivity index (χ0n) is 11.2. The van der Waals surface area contributed by atoms with E-state index in [0.717, 1.165) is 25.1 Å². The minimum atomic E-state index is -4.44. The SMILES string of the molecule is CCC(CC)(CNc1nccc(C(F)(F)F)n1)SC. The second kappa shape index (κ2) is 6.45. The first-order valence-electron chi connectivity index (χ1n) is 6.06. The van der Waals surface area contributed by atoms with Crippen molar-refractivity contribution in [2.75, 3.05) is 18.1 Å². The molecule has 0 fully saturated rings. The molecule has 7 heteroatoms. The van der Waals surface area contributed by atoms with E-state index in [1.807, 2.05) is 6.26 Å². The zero-order chi connectivity index (χ0) is 14.5. The van der Waals surface area contributed by atoms with Crippen molar-refractivity contribution in [2.24, 2.45) is 0 Å². The molecule has 0 radical (unpaired) electrons. The van der Waals surface area contributed by atoms with Crippen LogP contribution >= 0.6 is 11.8 Å². The second-order valence-electron chi connectivity index (χ2n) is 4.21. The van der Waals surface area contributed by atoms with Gasteiger partial charge in [0.25, 0.3) is 0 Å². The van der Waals surface area contributed by atoms with Crippen LogP contribution in [0.15, 0.2) is 12.3 Å². The standard InChI is InChI=1S/C12H18F3N3S/c1-4-11(5-2,19-3)8-17-10-16-7-6-9(18-10)12(13,14)15/h6-7H,4-5,8H2,1-3H3,(H,16,17,18). The fourth-order valence-corrected chi connectivity index (χ4v) is 2.50. The normalized spacial score (nSPS) is 12.5. The minimum Gasteiger partial charge on any atom is -0.353 e. The van der Waals surface area contributed by atoms with E-state index in [1.165, 1.54) is 0 Å². The lowest BCUT2D eigenvalue weighted by Gasteiger charge is -2.29. The summed E-state index contributed by atoms with van der Waals surface area (Å²) in [6.07, 6.45) is 0.539. The molecule has 0 unspecified atom stereocenters. The Bertz CT molecular complexity index is 397. The van der Waals surface area contributed by atoms with Crippen LogP contribution in [0.1, 0.15) is 32.4 Å². The molecule has 0 atom stereocenters. The summed E-state index contributed by atoms with van der Waals surface area (Å²) in [5.41, 5.74) is -0.923. The fourth-order valence-electron chi connectivity index (χ4n) is 1.70. The first-order valence-corrected chi connectivity index (χ1v) is 7.28. The van der Waals surface area contributed by atoms with E-state index in [1.54, 1.807) is 11.8 Å². The molecule has 1 aromatic rings. The van der Waals surface area contributed by atoms with E-state index in [0.29, 0.717) is 6.54 Å². The summed E-state index contributed by atoms with van der Waals surface area (Å²) >= 11 is 1.71. The molecule has 1 heterocycles. The van der Waals surface area contributed by atoms with E-state index in [9.17, 15) is 13.2 Å². The minimum absolute atomic E-state index is 0.00238. The fraction of sp³-hybridized carbons (Fsp3) is 0.667. The molecular weight excluding hydrogens is 275 g/mol. The third kappa shape index (κ3) is 4.26. The Hall–Kier alpha value is -0.980. The lowest BCUT2D eigenvalue weighted by atomic mass is 10.0. The summed E-state index contributed by atoms with van der Waals surface area (Å²) in [6.45, 7) is 4.67. The summed E-state index contributed by atoms with van der Waals surface area (Å²) in [5, 5.41) is 2.91. The highest BCUT2D eigenvalue weighted by atomic mass is 32.2. The largest absolute Gasteiger partial charge is 0.433 e. The molecule has 1 aromatic heterocycles. The smallest absolute Gasteiger partial charge is 0.353 e. The van der Waals surface area contributed by atoms with Crippen LogP contribution < -0.4 is 5.32 Å². The van der Waals surface area contributed by atoms with Crippen LogP contribution in [0.25, 0.3) is 0 Å². The van der Waals surface area contributed by atoms with Gasteiger partial charge >= 0.3 is 6.18 Å². The van der Waals surface area contributed by atoms with Gasteiger partial charge in [-0.05, 0) is 25.2 Å². The van der Waals surface area contributed by atoms with E-state index in [-0.39, 0.29) is 10.7 Å². The lowest BCUT2D eigenvalue weighted by Crippen LogP contribution is -2.32. The Morgan fingerprint density at radius 2 is 1.89 bits per heavy atom. The highest BCUT2D eigenvalue weighted by Gasteiger charge is 2.33. The second-order valence-corrected chi connectivity index (χ2v) is 5.49. The van der Waals surface area contributed by atoms with E-state index in [2.05, 4.69) is 29.1 Å². The number of halogens is 3. The van der Waals surface area contributed by atoms with Gasteiger partial charge in [-0.15, -0.1) is 0 Å². The average Bonchev–Trinajstić information content (AvgIpc) is 2.40. The molecule has 1 rings (SSSR count). The van der Waals surface area contributed by atoms with Crippen LogP contribution in [-0.4, -0.2) is 27.5 Å². The van der Waals surface area contributed by atoms with Gasteiger partial charge in [-0.25, -0.2) is 9.97 Å². The van der Waals surface area contributed by atoms with E-state index in [4.69, 9.17) is 0 Å². The average molecular weight is 293 g/mol. The van der Waals surface area contributed by atoms with Crippen molar-refractivity contribution >= 4 is 17.7 Å². The van der Waals surface area contributed by atoms with Crippen molar-refractivity contribution in [3.05, 3.63) is 18.0 Å². The maximum Gasteiger partial charge on any atom is 0.433 e. The van der Waals surface area contributed by atoms with Crippen LogP contribution in [0.3, 0.4) is 0 Å². The maximum atomic E-state index is 12.5. The quantitative estimate of drug-likeness (QED) is 0.865. The highest BCUT2D eigenvalue weighted by Crippen LogP contribution is 2.31. The predicted octanol–water partition coefficient (Wildman–Crippen LogP) is 3.83. The Labute approximate surface area is 115 Å². The summed E-state index contributed by atoms with van der Waals surface area (Å²) < 4.78 is 37.6. The Balaban J connectivity index is 2.78. The topological polar surface area (TPSA) is 37.8 Å². The molecule has 0 aromatic carbocycles. The molecule has 0 saturated heterocycles. The highest BCUT2D eigenvalue weighted by molar-refractivity contribution is 8.00. The third-order valence-corrected chi connectivity index (χ3v) is 4.82. The van der Waals surface area contributed by atoms with Gasteiger partial charge in [0.2, 0.25) is 5.95 Å². The molecule has 0 aliphatic carbocycles. The lowest BCUT2D eigenvalue weighted by molar-refractivity contribution is -0.141. The van der Waals surface area contributed by atoms with Crippen molar-refractivity contribution in [1.82, 2.24) is 9.97 Å². The molecule has 19 heavy (non-hydrogen) atoms. The number of nitrogens with zero attached hydrogens (tertiary/aromatic N) is 2. The summed E-state index contributed by atoms with van der Waals surface area (Å²) in [7, 11) is 0. The molecule has 3 nitrogen and oxygen atoms in total. The van der Waals surface area contributed by atoms with E-state index >= 15 is 0 Å². The van der Waals surface area contributed by atoms with Crippen LogP contribution in [0.5, 0.6) is 0 Å². The summed E-state index contributed by atoms with van der Waals surface area (Å²) in [6, 6.07) is 0.868. The first-order chi connectivity index (χ1) is 8.87. The van der Waals surface area contributed by atoms with Crippen molar-refractivity contribution in [2.45, 2.75) is 37.6 Å². The van der Waals surface area contributed by atoms with Gasteiger partial charge in [0.15, 0.2) is 0 Å². The molecule has 0 aliphatic heterocycles. The van der Waals surface area contributed by atoms with Gasteiger partial charge in [0.1, 0.15) is 5.69 Å². The predicted molar refractivity (Wildman–Crippen MR) is 72.4 cm³/mol. The van der Waals surface area contributed by atoms with Crippen molar-refractivity contribution in [1.29, 1.82) is 0 Å². The number of aromatic nitrogens is 2. The van der Waals surface area contributed by atoms with Crippen molar-refractivity contribution in [3.63, 3.8) is 0 Å².